The molecule has 3 aromatic rings. The zero-order chi connectivity index (χ0) is 22.4. The van der Waals surface area contributed by atoms with E-state index in [1.54, 1.807) is 37.4 Å². The smallest absolute Gasteiger partial charge is 0.266 e. The number of halogens is 3. The van der Waals surface area contributed by atoms with E-state index in [9.17, 15) is 10.1 Å². The third-order valence-corrected chi connectivity index (χ3v) is 5.93. The fourth-order valence-electron chi connectivity index (χ4n) is 2.97. The molecule has 31 heavy (non-hydrogen) atoms. The van der Waals surface area contributed by atoms with Gasteiger partial charge in [-0.2, -0.15) is 5.26 Å². The minimum absolute atomic E-state index is 0.0623. The van der Waals surface area contributed by atoms with E-state index >= 15 is 0 Å². The normalized spacial score (nSPS) is 11.0. The number of amides is 1. The van der Waals surface area contributed by atoms with Gasteiger partial charge in [0.05, 0.1) is 17.8 Å². The molecule has 0 aliphatic carbocycles. The molecule has 4 nitrogen and oxygen atoms in total. The number of rotatable bonds is 6. The van der Waals surface area contributed by atoms with Crippen molar-refractivity contribution in [3.63, 3.8) is 0 Å². The Labute approximate surface area is 199 Å². The average Bonchev–Trinajstić information content (AvgIpc) is 2.76. The maximum Gasteiger partial charge on any atom is 0.266 e. The number of nitriles is 1. The molecule has 0 saturated heterocycles. The second-order valence-electron chi connectivity index (χ2n) is 6.56. The molecule has 0 heterocycles. The summed E-state index contributed by atoms with van der Waals surface area (Å²) >= 11 is 16.0. The highest BCUT2D eigenvalue weighted by molar-refractivity contribution is 9.10. The first-order valence-corrected chi connectivity index (χ1v) is 10.7. The Morgan fingerprint density at radius 3 is 2.45 bits per heavy atom. The van der Waals surface area contributed by atoms with E-state index in [-0.39, 0.29) is 5.57 Å². The number of carbonyl (C=O) groups excluding carboxylic acids is 1. The number of nitrogens with zero attached hydrogens (tertiary/aromatic N) is 1. The van der Waals surface area contributed by atoms with E-state index < -0.39 is 5.91 Å². The number of carbonyl (C=O) groups is 1. The molecule has 0 saturated carbocycles. The van der Waals surface area contributed by atoms with Crippen molar-refractivity contribution in [1.29, 1.82) is 5.26 Å². The van der Waals surface area contributed by atoms with Gasteiger partial charge in [-0.05, 0) is 47.5 Å². The number of nitrogens with one attached hydrogen (secondary N) is 1. The Bertz CT molecular complexity index is 1200. The van der Waals surface area contributed by atoms with E-state index in [0.717, 1.165) is 15.6 Å². The molecule has 0 aliphatic heterocycles. The van der Waals surface area contributed by atoms with Gasteiger partial charge in [0, 0.05) is 21.5 Å². The van der Waals surface area contributed by atoms with E-state index in [1.807, 2.05) is 36.4 Å². The van der Waals surface area contributed by atoms with Gasteiger partial charge < -0.3 is 10.1 Å². The van der Waals surface area contributed by atoms with E-state index in [0.29, 0.717) is 33.5 Å². The van der Waals surface area contributed by atoms with Crippen LogP contribution in [0, 0.1) is 11.3 Å². The Morgan fingerprint density at radius 2 is 1.81 bits per heavy atom. The van der Waals surface area contributed by atoms with Crippen molar-refractivity contribution in [1.82, 2.24) is 0 Å². The first kappa shape index (κ1) is 22.9. The zero-order valence-electron chi connectivity index (χ0n) is 16.5. The fraction of sp³-hybridized carbons (Fsp3) is 0.0833. The Hall–Kier alpha value is -2.78. The minimum Gasteiger partial charge on any atom is -0.496 e. The summed E-state index contributed by atoms with van der Waals surface area (Å²) in [6.07, 6.45) is 2.06. The lowest BCUT2D eigenvalue weighted by Crippen LogP contribution is -2.13. The number of para-hydroxylation sites is 1. The Kier molecular flexibility index (Phi) is 7.75. The largest absolute Gasteiger partial charge is 0.496 e. The first-order valence-electron chi connectivity index (χ1n) is 9.20. The average molecular weight is 516 g/mol. The monoisotopic (exact) mass is 514 g/mol. The van der Waals surface area contributed by atoms with Gasteiger partial charge in [0.25, 0.3) is 5.91 Å². The highest BCUT2D eigenvalue weighted by Gasteiger charge is 2.15. The van der Waals surface area contributed by atoms with Gasteiger partial charge in [-0.15, -0.1) is 0 Å². The van der Waals surface area contributed by atoms with Crippen molar-refractivity contribution in [3.8, 4) is 11.8 Å². The van der Waals surface area contributed by atoms with Crippen molar-refractivity contribution < 1.29 is 9.53 Å². The lowest BCUT2D eigenvalue weighted by Gasteiger charge is -2.13. The number of benzene rings is 3. The van der Waals surface area contributed by atoms with Gasteiger partial charge in [-0.3, -0.25) is 4.79 Å². The van der Waals surface area contributed by atoms with Crippen LogP contribution in [0.15, 0.2) is 70.7 Å². The SMILES string of the molecule is COc1cc(/C=C(\C#N)C(=O)Nc2ccccc2Cl)cc(Br)c1Cc1ccccc1Cl. The van der Waals surface area contributed by atoms with Gasteiger partial charge in [0.15, 0.2) is 0 Å². The molecule has 0 unspecified atom stereocenters. The summed E-state index contributed by atoms with van der Waals surface area (Å²) in [5.74, 6) is 0.0650. The lowest BCUT2D eigenvalue weighted by atomic mass is 10.0. The third kappa shape index (κ3) is 5.68. The second kappa shape index (κ2) is 10.5. The molecule has 3 aromatic carbocycles. The maximum absolute atomic E-state index is 12.6. The molecule has 1 N–H and O–H groups in total. The molecule has 0 radical (unpaired) electrons. The predicted molar refractivity (Wildman–Crippen MR) is 129 cm³/mol. The van der Waals surface area contributed by atoms with Crippen molar-refractivity contribution in [2.24, 2.45) is 0 Å². The van der Waals surface area contributed by atoms with Gasteiger partial charge >= 0.3 is 0 Å². The van der Waals surface area contributed by atoms with Crippen LogP contribution in [0.3, 0.4) is 0 Å². The highest BCUT2D eigenvalue weighted by Crippen LogP contribution is 2.33. The topological polar surface area (TPSA) is 62.1 Å². The quantitative estimate of drug-likeness (QED) is 0.287. The summed E-state index contributed by atoms with van der Waals surface area (Å²) in [4.78, 5) is 12.6. The van der Waals surface area contributed by atoms with Gasteiger partial charge in [-0.25, -0.2) is 0 Å². The Balaban J connectivity index is 1.91. The molecule has 0 aromatic heterocycles. The number of ether oxygens (including phenoxy) is 1. The van der Waals surface area contributed by atoms with Crippen LogP contribution < -0.4 is 10.1 Å². The maximum atomic E-state index is 12.6. The number of methoxy groups -OCH3 is 1. The van der Waals surface area contributed by atoms with Crippen molar-refractivity contribution in [2.75, 3.05) is 12.4 Å². The minimum atomic E-state index is -0.550. The molecular formula is C24H17BrCl2N2O2. The van der Waals surface area contributed by atoms with Crippen LogP contribution in [0.5, 0.6) is 5.75 Å². The second-order valence-corrected chi connectivity index (χ2v) is 8.22. The van der Waals surface area contributed by atoms with E-state index in [2.05, 4.69) is 21.2 Å². The standard InChI is InChI=1S/C24H17BrCl2N2O2/c1-31-23-12-15(11-19(25)18(23)13-16-6-2-3-7-20(16)26)10-17(14-28)24(30)29-22-9-5-4-8-21(22)27/h2-12H,13H2,1H3,(H,29,30)/b17-10+. The fourth-order valence-corrected chi connectivity index (χ4v) is 3.95. The van der Waals surface area contributed by atoms with Crippen LogP contribution in [0.1, 0.15) is 16.7 Å². The number of hydrogen-bond donors (Lipinski definition) is 1. The van der Waals surface area contributed by atoms with Crippen molar-refractivity contribution >= 4 is 56.8 Å². The van der Waals surface area contributed by atoms with Gasteiger partial charge in [0.2, 0.25) is 0 Å². The molecule has 0 bridgehead atoms. The molecule has 156 valence electrons. The number of anilines is 1. The summed E-state index contributed by atoms with van der Waals surface area (Å²) in [6.45, 7) is 0. The molecule has 1 amide bonds. The first-order chi connectivity index (χ1) is 14.9. The molecule has 3 rings (SSSR count). The molecule has 0 spiro atoms. The van der Waals surface area contributed by atoms with Crippen LogP contribution in [-0.2, 0) is 11.2 Å². The van der Waals surface area contributed by atoms with Crippen molar-refractivity contribution in [2.45, 2.75) is 6.42 Å². The molecule has 0 aliphatic rings. The highest BCUT2D eigenvalue weighted by atomic mass is 79.9. The summed E-state index contributed by atoms with van der Waals surface area (Å²) in [6, 6.07) is 20.0. The predicted octanol–water partition coefficient (Wildman–Crippen LogP) is 6.90. The summed E-state index contributed by atoms with van der Waals surface area (Å²) < 4.78 is 6.34. The molecule has 0 atom stereocenters. The van der Waals surface area contributed by atoms with E-state index in [1.165, 1.54) is 6.08 Å². The number of hydrogen-bond acceptors (Lipinski definition) is 3. The lowest BCUT2D eigenvalue weighted by molar-refractivity contribution is -0.112. The molecule has 7 heteroatoms. The van der Waals surface area contributed by atoms with Crippen LogP contribution >= 0.6 is 39.1 Å². The Morgan fingerprint density at radius 1 is 1.13 bits per heavy atom. The van der Waals surface area contributed by atoms with E-state index in [4.69, 9.17) is 27.9 Å². The van der Waals surface area contributed by atoms with Crippen LogP contribution in [0.4, 0.5) is 5.69 Å². The molecular weight excluding hydrogens is 499 g/mol. The summed E-state index contributed by atoms with van der Waals surface area (Å²) in [5.41, 5.74) is 2.88. The van der Waals surface area contributed by atoms with Crippen LogP contribution in [-0.4, -0.2) is 13.0 Å². The van der Waals surface area contributed by atoms with Gasteiger partial charge in [-0.1, -0.05) is 69.5 Å². The van der Waals surface area contributed by atoms with Gasteiger partial charge in [0.1, 0.15) is 17.4 Å². The van der Waals surface area contributed by atoms with Crippen LogP contribution in [0.2, 0.25) is 10.0 Å². The van der Waals surface area contributed by atoms with Crippen LogP contribution in [0.25, 0.3) is 6.08 Å². The third-order valence-electron chi connectivity index (χ3n) is 4.52. The summed E-state index contributed by atoms with van der Waals surface area (Å²) in [7, 11) is 1.57. The summed E-state index contributed by atoms with van der Waals surface area (Å²) in [5, 5.41) is 13.2. The van der Waals surface area contributed by atoms with Crippen molar-refractivity contribution in [3.05, 3.63) is 97.4 Å². The molecule has 0 fully saturated rings. The zero-order valence-corrected chi connectivity index (χ0v) is 19.6.